The maximum absolute atomic E-state index is 9.58. The molecule has 0 radical (unpaired) electrons. The summed E-state index contributed by atoms with van der Waals surface area (Å²) in [6, 6.07) is 3.67. The average Bonchev–Trinajstić information content (AvgIpc) is 2.12. The lowest BCUT2D eigenvalue weighted by Gasteiger charge is -2.10. The van der Waals surface area contributed by atoms with Crippen LogP contribution in [-0.2, 0) is 0 Å². The van der Waals surface area contributed by atoms with Gasteiger partial charge >= 0.3 is 0 Å². The van der Waals surface area contributed by atoms with Crippen molar-refractivity contribution in [2.75, 3.05) is 0 Å². The molecule has 0 aliphatic carbocycles. The number of aliphatic hydroxyl groups excluding tert-OH is 1. The summed E-state index contributed by atoms with van der Waals surface area (Å²) in [6.45, 7) is 1.93. The number of aliphatic hydroxyl groups is 1. The van der Waals surface area contributed by atoms with E-state index >= 15 is 0 Å². The van der Waals surface area contributed by atoms with Crippen LogP contribution in [0.5, 0.6) is 0 Å². The Morgan fingerprint density at radius 3 is 2.23 bits per heavy atom. The van der Waals surface area contributed by atoms with Crippen molar-refractivity contribution in [1.29, 1.82) is 0 Å². The van der Waals surface area contributed by atoms with Crippen molar-refractivity contribution >= 4 is 43.5 Å². The maximum Gasteiger partial charge on any atom is 0.0788 e. The van der Waals surface area contributed by atoms with Crippen molar-refractivity contribution < 1.29 is 5.11 Å². The van der Waals surface area contributed by atoms with Crippen molar-refractivity contribution in [1.82, 2.24) is 0 Å². The number of rotatable bonds is 2. The molecule has 0 amide bonds. The van der Waals surface area contributed by atoms with Crippen LogP contribution in [-0.4, -0.2) is 5.11 Å². The van der Waals surface area contributed by atoms with Crippen molar-refractivity contribution in [2.45, 2.75) is 19.4 Å². The Morgan fingerprint density at radius 1 is 1.38 bits per heavy atom. The van der Waals surface area contributed by atoms with E-state index in [0.717, 1.165) is 14.5 Å². The normalized spacial score (nSPS) is 13.0. The Hall–Kier alpha value is 0.430. The predicted octanol–water partition coefficient (Wildman–Crippen LogP) is 4.31. The first kappa shape index (κ1) is 11.5. The summed E-state index contributed by atoms with van der Waals surface area (Å²) < 4.78 is 1.59. The van der Waals surface area contributed by atoms with Crippen molar-refractivity contribution in [3.8, 4) is 0 Å². The second-order valence-corrected chi connectivity index (χ2v) is 4.81. The molecule has 1 aromatic rings. The van der Waals surface area contributed by atoms with E-state index in [1.54, 1.807) is 0 Å². The van der Waals surface area contributed by atoms with Gasteiger partial charge in [-0.15, -0.1) is 0 Å². The topological polar surface area (TPSA) is 20.2 Å². The molecule has 1 aromatic carbocycles. The van der Waals surface area contributed by atoms with E-state index in [9.17, 15) is 5.11 Å². The summed E-state index contributed by atoms with van der Waals surface area (Å²) in [7, 11) is 0. The van der Waals surface area contributed by atoms with Crippen molar-refractivity contribution in [3.63, 3.8) is 0 Å². The lowest BCUT2D eigenvalue weighted by molar-refractivity contribution is 0.173. The number of halogens is 3. The van der Waals surface area contributed by atoms with Crippen molar-refractivity contribution in [2.24, 2.45) is 0 Å². The van der Waals surface area contributed by atoms with E-state index in [0.29, 0.717) is 11.4 Å². The van der Waals surface area contributed by atoms with Gasteiger partial charge in [-0.05, 0) is 56.0 Å². The summed E-state index contributed by atoms with van der Waals surface area (Å²) in [5.74, 6) is 0. The number of benzene rings is 1. The number of hydrogen-bond acceptors (Lipinski definition) is 1. The third-order valence-electron chi connectivity index (χ3n) is 1.78. The largest absolute Gasteiger partial charge is 0.388 e. The SMILES string of the molecule is CCC(O)c1cc(Br)c(Cl)c(Br)c1. The van der Waals surface area contributed by atoms with Crippen LogP contribution >= 0.6 is 43.5 Å². The minimum Gasteiger partial charge on any atom is -0.388 e. The molecule has 1 rings (SSSR count). The molecular formula is C9H9Br2ClO. The lowest BCUT2D eigenvalue weighted by Crippen LogP contribution is -1.95. The lowest BCUT2D eigenvalue weighted by atomic mass is 10.1. The zero-order chi connectivity index (χ0) is 10.0. The van der Waals surface area contributed by atoms with Crippen LogP contribution in [0.1, 0.15) is 25.0 Å². The Balaban J connectivity index is 3.13. The molecule has 1 nitrogen and oxygen atoms in total. The molecule has 1 N–H and O–H groups in total. The fourth-order valence-corrected chi connectivity index (χ4v) is 2.33. The van der Waals surface area contributed by atoms with Gasteiger partial charge in [-0.25, -0.2) is 0 Å². The Labute approximate surface area is 99.4 Å². The fourth-order valence-electron chi connectivity index (χ4n) is 1.00. The average molecular weight is 328 g/mol. The highest BCUT2D eigenvalue weighted by atomic mass is 79.9. The third-order valence-corrected chi connectivity index (χ3v) is 3.89. The molecule has 0 fully saturated rings. The van der Waals surface area contributed by atoms with Gasteiger partial charge in [0.2, 0.25) is 0 Å². The summed E-state index contributed by atoms with van der Waals surface area (Å²) in [4.78, 5) is 0. The molecule has 0 aliphatic rings. The molecule has 1 unspecified atom stereocenters. The smallest absolute Gasteiger partial charge is 0.0788 e. The standard InChI is InChI=1S/C9H9Br2ClO/c1-2-8(13)5-3-6(10)9(12)7(11)4-5/h3-4,8,13H,2H2,1H3. The number of hydrogen-bond donors (Lipinski definition) is 1. The monoisotopic (exact) mass is 326 g/mol. The van der Waals surface area contributed by atoms with Crippen LogP contribution in [0.15, 0.2) is 21.1 Å². The minimum atomic E-state index is -0.426. The van der Waals surface area contributed by atoms with E-state index < -0.39 is 6.10 Å². The van der Waals surface area contributed by atoms with Crippen LogP contribution in [0, 0.1) is 0 Å². The summed E-state index contributed by atoms with van der Waals surface area (Å²) in [5, 5.41) is 10.2. The van der Waals surface area contributed by atoms with E-state index in [1.165, 1.54) is 0 Å². The first-order valence-corrected chi connectivity index (χ1v) is 5.85. The third kappa shape index (κ3) is 2.69. The zero-order valence-corrected chi connectivity index (χ0v) is 10.9. The van der Waals surface area contributed by atoms with E-state index in [1.807, 2.05) is 19.1 Å². The highest BCUT2D eigenvalue weighted by Crippen LogP contribution is 2.34. The van der Waals surface area contributed by atoms with E-state index in [-0.39, 0.29) is 0 Å². The summed E-state index contributed by atoms with van der Waals surface area (Å²) in [6.07, 6.45) is 0.269. The van der Waals surface area contributed by atoms with Crippen LogP contribution in [0.4, 0.5) is 0 Å². The molecule has 13 heavy (non-hydrogen) atoms. The van der Waals surface area contributed by atoms with Crippen LogP contribution in [0.2, 0.25) is 5.02 Å². The van der Waals surface area contributed by atoms with Crippen LogP contribution < -0.4 is 0 Å². The maximum atomic E-state index is 9.58. The molecule has 0 bridgehead atoms. The highest BCUT2D eigenvalue weighted by Gasteiger charge is 2.10. The fraction of sp³-hybridized carbons (Fsp3) is 0.333. The predicted molar refractivity (Wildman–Crippen MR) is 62.1 cm³/mol. The van der Waals surface area contributed by atoms with Gasteiger partial charge in [-0.3, -0.25) is 0 Å². The highest BCUT2D eigenvalue weighted by molar-refractivity contribution is 9.11. The molecule has 0 aliphatic heterocycles. The Morgan fingerprint density at radius 2 is 1.85 bits per heavy atom. The quantitative estimate of drug-likeness (QED) is 0.802. The minimum absolute atomic E-state index is 0.426. The zero-order valence-electron chi connectivity index (χ0n) is 7.02. The molecule has 0 aromatic heterocycles. The van der Waals surface area contributed by atoms with E-state index in [2.05, 4.69) is 31.9 Å². The second kappa shape index (κ2) is 4.78. The van der Waals surface area contributed by atoms with Gasteiger partial charge in [0, 0.05) is 8.95 Å². The van der Waals surface area contributed by atoms with Crippen LogP contribution in [0.3, 0.4) is 0 Å². The molecule has 4 heteroatoms. The first-order chi connectivity index (χ1) is 6.06. The van der Waals surface area contributed by atoms with Gasteiger partial charge in [-0.1, -0.05) is 18.5 Å². The van der Waals surface area contributed by atoms with Crippen LogP contribution in [0.25, 0.3) is 0 Å². The Bertz CT molecular complexity index is 291. The van der Waals surface area contributed by atoms with Gasteiger partial charge < -0.3 is 5.11 Å². The Kier molecular flexibility index (Phi) is 4.23. The molecule has 1 atom stereocenters. The molecule has 72 valence electrons. The molecular weight excluding hydrogens is 319 g/mol. The van der Waals surface area contributed by atoms with Gasteiger partial charge in [-0.2, -0.15) is 0 Å². The second-order valence-electron chi connectivity index (χ2n) is 2.72. The molecule has 0 saturated carbocycles. The van der Waals surface area contributed by atoms with Gasteiger partial charge in [0.25, 0.3) is 0 Å². The van der Waals surface area contributed by atoms with Gasteiger partial charge in [0.1, 0.15) is 0 Å². The summed E-state index contributed by atoms with van der Waals surface area (Å²) >= 11 is 12.6. The van der Waals surface area contributed by atoms with Gasteiger partial charge in [0.05, 0.1) is 11.1 Å². The van der Waals surface area contributed by atoms with Crippen molar-refractivity contribution in [3.05, 3.63) is 31.7 Å². The summed E-state index contributed by atoms with van der Waals surface area (Å²) in [5.41, 5.74) is 0.866. The molecule has 0 heterocycles. The van der Waals surface area contributed by atoms with Gasteiger partial charge in [0.15, 0.2) is 0 Å². The first-order valence-electron chi connectivity index (χ1n) is 3.88. The van der Waals surface area contributed by atoms with E-state index in [4.69, 9.17) is 11.6 Å². The molecule has 0 saturated heterocycles. The molecule has 0 spiro atoms.